The molecule has 0 aromatic carbocycles. The monoisotopic (exact) mass is 197 g/mol. The van der Waals surface area contributed by atoms with Crippen LogP contribution in [0.4, 0.5) is 0 Å². The van der Waals surface area contributed by atoms with E-state index in [1.807, 2.05) is 11.3 Å². The molecule has 0 amide bonds. The molecule has 2 rings (SSSR count). The molecule has 1 aromatic heterocycles. The molecular formula is C10H15NOS. The molecule has 0 spiro atoms. The van der Waals surface area contributed by atoms with Crippen molar-refractivity contribution in [2.45, 2.75) is 18.9 Å². The lowest BCUT2D eigenvalue weighted by Gasteiger charge is -2.23. The Morgan fingerprint density at radius 1 is 1.62 bits per heavy atom. The summed E-state index contributed by atoms with van der Waals surface area (Å²) < 4.78 is 5.39. The summed E-state index contributed by atoms with van der Waals surface area (Å²) in [6.07, 6.45) is 2.37. The van der Waals surface area contributed by atoms with Crippen LogP contribution in [0.25, 0.3) is 0 Å². The van der Waals surface area contributed by atoms with Gasteiger partial charge in [-0.15, -0.1) is 11.3 Å². The largest absolute Gasteiger partial charge is 0.379 e. The molecule has 1 unspecified atom stereocenters. The molecule has 2 heterocycles. The minimum Gasteiger partial charge on any atom is -0.379 e. The van der Waals surface area contributed by atoms with E-state index in [0.29, 0.717) is 6.04 Å². The van der Waals surface area contributed by atoms with Gasteiger partial charge in [0.15, 0.2) is 0 Å². The van der Waals surface area contributed by atoms with Crippen molar-refractivity contribution in [1.82, 2.24) is 5.32 Å². The van der Waals surface area contributed by atoms with E-state index in [0.717, 1.165) is 19.8 Å². The minimum absolute atomic E-state index is 0.566. The fourth-order valence-electron chi connectivity index (χ4n) is 1.58. The zero-order valence-electron chi connectivity index (χ0n) is 7.66. The van der Waals surface area contributed by atoms with Gasteiger partial charge in [0.25, 0.3) is 0 Å². The lowest BCUT2D eigenvalue weighted by Crippen LogP contribution is -2.41. The highest BCUT2D eigenvalue weighted by molar-refractivity contribution is 7.09. The molecule has 1 saturated heterocycles. The molecule has 1 atom stereocenters. The van der Waals surface area contributed by atoms with E-state index in [1.165, 1.54) is 17.7 Å². The maximum Gasteiger partial charge on any atom is 0.0620 e. The van der Waals surface area contributed by atoms with Gasteiger partial charge in [-0.1, -0.05) is 6.07 Å². The van der Waals surface area contributed by atoms with E-state index in [2.05, 4.69) is 22.8 Å². The van der Waals surface area contributed by atoms with Gasteiger partial charge < -0.3 is 10.1 Å². The Hall–Kier alpha value is -0.380. The zero-order valence-corrected chi connectivity index (χ0v) is 8.48. The number of morpholine rings is 1. The fraction of sp³-hybridized carbons (Fsp3) is 0.600. The molecule has 13 heavy (non-hydrogen) atoms. The molecule has 2 nitrogen and oxygen atoms in total. The van der Waals surface area contributed by atoms with Crippen molar-refractivity contribution in [3.8, 4) is 0 Å². The van der Waals surface area contributed by atoms with Crippen LogP contribution in [-0.2, 0) is 11.2 Å². The van der Waals surface area contributed by atoms with Gasteiger partial charge in [0.1, 0.15) is 0 Å². The molecule has 1 fully saturated rings. The smallest absolute Gasteiger partial charge is 0.0620 e. The molecule has 0 bridgehead atoms. The van der Waals surface area contributed by atoms with Crippen molar-refractivity contribution in [2.24, 2.45) is 0 Å². The average molecular weight is 197 g/mol. The standard InChI is InChI=1S/C10H15NOS/c1-2-10(13-7-1)4-3-9-8-12-6-5-11-9/h1-2,7,9,11H,3-6,8H2. The Labute approximate surface area is 82.9 Å². The first kappa shape index (κ1) is 9.19. The minimum atomic E-state index is 0.566. The van der Waals surface area contributed by atoms with E-state index in [-0.39, 0.29) is 0 Å². The average Bonchev–Trinajstić information content (AvgIpc) is 2.69. The fourth-order valence-corrected chi connectivity index (χ4v) is 2.30. The summed E-state index contributed by atoms with van der Waals surface area (Å²) in [6.45, 7) is 2.76. The predicted molar refractivity (Wildman–Crippen MR) is 55.2 cm³/mol. The Morgan fingerprint density at radius 2 is 2.62 bits per heavy atom. The van der Waals surface area contributed by atoms with Gasteiger partial charge in [0, 0.05) is 17.5 Å². The van der Waals surface area contributed by atoms with Gasteiger partial charge in [-0.3, -0.25) is 0 Å². The van der Waals surface area contributed by atoms with E-state index < -0.39 is 0 Å². The van der Waals surface area contributed by atoms with Crippen LogP contribution in [-0.4, -0.2) is 25.8 Å². The first-order chi connectivity index (χ1) is 6.45. The third kappa shape index (κ3) is 2.79. The molecule has 0 aliphatic carbocycles. The molecule has 1 N–H and O–H groups in total. The van der Waals surface area contributed by atoms with Gasteiger partial charge >= 0.3 is 0 Å². The Bertz CT molecular complexity index is 229. The van der Waals surface area contributed by atoms with Crippen molar-refractivity contribution in [3.05, 3.63) is 22.4 Å². The number of aryl methyl sites for hydroxylation is 1. The zero-order chi connectivity index (χ0) is 8.93. The summed E-state index contributed by atoms with van der Waals surface area (Å²) >= 11 is 1.84. The van der Waals surface area contributed by atoms with Crippen LogP contribution in [0, 0.1) is 0 Å². The molecule has 0 radical (unpaired) electrons. The maximum atomic E-state index is 5.39. The highest BCUT2D eigenvalue weighted by Crippen LogP contribution is 2.12. The SMILES string of the molecule is c1csc(CCC2COCCN2)c1. The van der Waals surface area contributed by atoms with Gasteiger partial charge in [-0.2, -0.15) is 0 Å². The van der Waals surface area contributed by atoms with Crippen molar-refractivity contribution in [2.75, 3.05) is 19.8 Å². The van der Waals surface area contributed by atoms with Gasteiger partial charge in [0.05, 0.1) is 13.2 Å². The van der Waals surface area contributed by atoms with Gasteiger partial charge in [-0.25, -0.2) is 0 Å². The number of hydrogen-bond donors (Lipinski definition) is 1. The summed E-state index contributed by atoms with van der Waals surface area (Å²) in [5.74, 6) is 0. The van der Waals surface area contributed by atoms with Crippen LogP contribution in [0.3, 0.4) is 0 Å². The maximum absolute atomic E-state index is 5.39. The summed E-state index contributed by atoms with van der Waals surface area (Å²) in [6, 6.07) is 4.88. The summed E-state index contributed by atoms with van der Waals surface area (Å²) in [4.78, 5) is 1.48. The third-order valence-electron chi connectivity index (χ3n) is 2.32. The topological polar surface area (TPSA) is 21.3 Å². The molecule has 1 aromatic rings. The number of hydrogen-bond acceptors (Lipinski definition) is 3. The van der Waals surface area contributed by atoms with Gasteiger partial charge in [0.2, 0.25) is 0 Å². The van der Waals surface area contributed by atoms with Crippen LogP contribution in [0.2, 0.25) is 0 Å². The Balaban J connectivity index is 1.72. The summed E-state index contributed by atoms with van der Waals surface area (Å²) in [7, 11) is 0. The van der Waals surface area contributed by atoms with Gasteiger partial charge in [-0.05, 0) is 24.3 Å². The first-order valence-corrected chi connectivity index (χ1v) is 5.66. The third-order valence-corrected chi connectivity index (χ3v) is 3.25. The van der Waals surface area contributed by atoms with Crippen molar-refractivity contribution in [3.63, 3.8) is 0 Å². The molecule has 0 saturated carbocycles. The normalized spacial score (nSPS) is 23.2. The van der Waals surface area contributed by atoms with E-state index in [4.69, 9.17) is 4.74 Å². The molecular weight excluding hydrogens is 182 g/mol. The first-order valence-electron chi connectivity index (χ1n) is 4.78. The number of rotatable bonds is 3. The number of ether oxygens (including phenoxy) is 1. The highest BCUT2D eigenvalue weighted by atomic mass is 32.1. The Morgan fingerprint density at radius 3 is 3.31 bits per heavy atom. The summed E-state index contributed by atoms with van der Waals surface area (Å²) in [5, 5.41) is 5.60. The van der Waals surface area contributed by atoms with Crippen molar-refractivity contribution >= 4 is 11.3 Å². The van der Waals surface area contributed by atoms with Crippen LogP contribution in [0.1, 0.15) is 11.3 Å². The lowest BCUT2D eigenvalue weighted by atomic mass is 10.1. The quantitative estimate of drug-likeness (QED) is 0.796. The molecule has 72 valence electrons. The van der Waals surface area contributed by atoms with E-state index in [9.17, 15) is 0 Å². The highest BCUT2D eigenvalue weighted by Gasteiger charge is 2.12. The molecule has 1 aliphatic heterocycles. The van der Waals surface area contributed by atoms with Crippen molar-refractivity contribution < 1.29 is 4.74 Å². The summed E-state index contributed by atoms with van der Waals surface area (Å²) in [5.41, 5.74) is 0. The van der Waals surface area contributed by atoms with Crippen LogP contribution < -0.4 is 5.32 Å². The second-order valence-electron chi connectivity index (χ2n) is 3.34. The van der Waals surface area contributed by atoms with Crippen LogP contribution in [0.5, 0.6) is 0 Å². The van der Waals surface area contributed by atoms with Crippen LogP contribution >= 0.6 is 11.3 Å². The molecule has 3 heteroatoms. The molecule has 1 aliphatic rings. The lowest BCUT2D eigenvalue weighted by molar-refractivity contribution is 0.0744. The number of thiophene rings is 1. The predicted octanol–water partition coefficient (Wildman–Crippen LogP) is 1.67. The van der Waals surface area contributed by atoms with E-state index in [1.54, 1.807) is 0 Å². The van der Waals surface area contributed by atoms with Crippen LogP contribution in [0.15, 0.2) is 17.5 Å². The Kier molecular flexibility index (Phi) is 3.35. The second kappa shape index (κ2) is 4.74. The number of nitrogens with one attached hydrogen (secondary N) is 1. The second-order valence-corrected chi connectivity index (χ2v) is 4.38. The van der Waals surface area contributed by atoms with Crippen molar-refractivity contribution in [1.29, 1.82) is 0 Å². The van der Waals surface area contributed by atoms with E-state index >= 15 is 0 Å².